The van der Waals surface area contributed by atoms with Crippen LogP contribution in [0.3, 0.4) is 0 Å². The summed E-state index contributed by atoms with van der Waals surface area (Å²) in [5.41, 5.74) is 3.46. The smallest absolute Gasteiger partial charge is 0.229 e. The van der Waals surface area contributed by atoms with Crippen LogP contribution < -0.4 is 10.2 Å². The molecule has 25 heavy (non-hydrogen) atoms. The molecule has 0 aromatic heterocycles. The summed E-state index contributed by atoms with van der Waals surface area (Å²) in [6.07, 6.45) is 0.178. The minimum Gasteiger partial charge on any atom is -0.324 e. The number of carbonyl (C=O) groups is 2. The van der Waals surface area contributed by atoms with E-state index in [0.29, 0.717) is 22.3 Å². The van der Waals surface area contributed by atoms with Crippen molar-refractivity contribution in [3.05, 3.63) is 57.6 Å². The Morgan fingerprint density at radius 2 is 1.80 bits per heavy atom. The van der Waals surface area contributed by atoms with Crippen molar-refractivity contribution >= 4 is 46.4 Å². The summed E-state index contributed by atoms with van der Waals surface area (Å²) in [4.78, 5) is 26.6. The van der Waals surface area contributed by atoms with Crippen LogP contribution in [0, 0.1) is 19.8 Å². The number of anilines is 2. The molecule has 1 saturated heterocycles. The van der Waals surface area contributed by atoms with Gasteiger partial charge in [0, 0.05) is 23.7 Å². The van der Waals surface area contributed by atoms with Crippen LogP contribution in [0.25, 0.3) is 0 Å². The Labute approximate surface area is 156 Å². The SMILES string of the molecule is Cc1cc(C)cc(N2C[C@H](C(=O)Nc3cc(Cl)ccc3Cl)CC2=O)c1. The molecule has 0 bridgehead atoms. The van der Waals surface area contributed by atoms with Gasteiger partial charge in [0.1, 0.15) is 0 Å². The highest BCUT2D eigenvalue weighted by Crippen LogP contribution is 2.30. The monoisotopic (exact) mass is 376 g/mol. The number of carbonyl (C=O) groups excluding carboxylic acids is 2. The number of hydrogen-bond donors (Lipinski definition) is 1. The summed E-state index contributed by atoms with van der Waals surface area (Å²) in [5, 5.41) is 3.67. The van der Waals surface area contributed by atoms with E-state index < -0.39 is 5.92 Å². The maximum Gasteiger partial charge on any atom is 0.229 e. The first-order chi connectivity index (χ1) is 11.8. The zero-order valence-corrected chi connectivity index (χ0v) is 15.5. The van der Waals surface area contributed by atoms with Crippen LogP contribution in [0.5, 0.6) is 0 Å². The lowest BCUT2D eigenvalue weighted by atomic mass is 10.1. The van der Waals surface area contributed by atoms with Crippen LogP contribution in [0.15, 0.2) is 36.4 Å². The maximum atomic E-state index is 12.5. The van der Waals surface area contributed by atoms with E-state index in [0.717, 1.165) is 16.8 Å². The number of benzene rings is 2. The van der Waals surface area contributed by atoms with Crippen molar-refractivity contribution in [2.75, 3.05) is 16.8 Å². The molecule has 1 heterocycles. The van der Waals surface area contributed by atoms with Crippen LogP contribution in [-0.2, 0) is 9.59 Å². The predicted octanol–water partition coefficient (Wildman–Crippen LogP) is 4.60. The van der Waals surface area contributed by atoms with Gasteiger partial charge in [-0.05, 0) is 55.3 Å². The number of amides is 2. The van der Waals surface area contributed by atoms with Crippen molar-refractivity contribution in [1.82, 2.24) is 0 Å². The van der Waals surface area contributed by atoms with E-state index in [4.69, 9.17) is 23.2 Å². The average molecular weight is 377 g/mol. The van der Waals surface area contributed by atoms with Crippen molar-refractivity contribution in [3.63, 3.8) is 0 Å². The van der Waals surface area contributed by atoms with Crippen molar-refractivity contribution in [2.24, 2.45) is 5.92 Å². The number of rotatable bonds is 3. The summed E-state index contributed by atoms with van der Waals surface area (Å²) in [7, 11) is 0. The Bertz CT molecular complexity index is 831. The normalized spacial score (nSPS) is 17.0. The topological polar surface area (TPSA) is 49.4 Å². The molecule has 4 nitrogen and oxygen atoms in total. The Balaban J connectivity index is 1.75. The van der Waals surface area contributed by atoms with Gasteiger partial charge in [-0.3, -0.25) is 9.59 Å². The molecule has 2 amide bonds. The van der Waals surface area contributed by atoms with Crippen molar-refractivity contribution < 1.29 is 9.59 Å². The highest BCUT2D eigenvalue weighted by atomic mass is 35.5. The van der Waals surface area contributed by atoms with Crippen molar-refractivity contribution in [3.8, 4) is 0 Å². The lowest BCUT2D eigenvalue weighted by Crippen LogP contribution is -2.28. The molecule has 0 spiro atoms. The fourth-order valence-corrected chi connectivity index (χ4v) is 3.40. The Hall–Kier alpha value is -2.04. The molecule has 130 valence electrons. The van der Waals surface area contributed by atoms with E-state index in [1.165, 1.54) is 0 Å². The van der Waals surface area contributed by atoms with E-state index in [1.54, 1.807) is 23.1 Å². The molecule has 2 aromatic rings. The highest BCUT2D eigenvalue weighted by molar-refractivity contribution is 6.35. The van der Waals surface area contributed by atoms with Gasteiger partial charge < -0.3 is 10.2 Å². The summed E-state index contributed by atoms with van der Waals surface area (Å²) in [6.45, 7) is 4.33. The van der Waals surface area contributed by atoms with Crippen LogP contribution in [-0.4, -0.2) is 18.4 Å². The minimum atomic E-state index is -0.427. The number of aryl methyl sites for hydroxylation is 2. The van der Waals surface area contributed by atoms with Gasteiger partial charge in [-0.2, -0.15) is 0 Å². The fourth-order valence-electron chi connectivity index (χ4n) is 3.07. The third-order valence-corrected chi connectivity index (χ3v) is 4.76. The molecule has 1 N–H and O–H groups in total. The van der Waals surface area contributed by atoms with Gasteiger partial charge in [0.15, 0.2) is 0 Å². The highest BCUT2D eigenvalue weighted by Gasteiger charge is 2.35. The van der Waals surface area contributed by atoms with E-state index in [1.807, 2.05) is 26.0 Å². The molecule has 1 fully saturated rings. The van der Waals surface area contributed by atoms with Gasteiger partial charge in [-0.1, -0.05) is 29.3 Å². The number of nitrogens with zero attached hydrogens (tertiary/aromatic N) is 1. The second kappa shape index (κ2) is 7.06. The summed E-state index contributed by atoms with van der Waals surface area (Å²) in [5.74, 6) is -0.713. The van der Waals surface area contributed by atoms with Gasteiger partial charge in [-0.25, -0.2) is 0 Å². The summed E-state index contributed by atoms with van der Waals surface area (Å²) < 4.78 is 0. The molecule has 2 aromatic carbocycles. The third kappa shape index (κ3) is 3.97. The first kappa shape index (κ1) is 17.8. The van der Waals surface area contributed by atoms with Crippen LogP contribution in [0.2, 0.25) is 10.0 Å². The first-order valence-corrected chi connectivity index (χ1v) is 8.73. The van der Waals surface area contributed by atoms with Crippen molar-refractivity contribution in [2.45, 2.75) is 20.3 Å². The molecule has 0 aliphatic carbocycles. The predicted molar refractivity (Wildman–Crippen MR) is 101 cm³/mol. The third-order valence-electron chi connectivity index (χ3n) is 4.20. The molecule has 1 atom stereocenters. The van der Waals surface area contributed by atoms with E-state index in [9.17, 15) is 9.59 Å². The number of halogens is 2. The molecule has 1 aliphatic rings. The zero-order valence-electron chi connectivity index (χ0n) is 14.0. The van der Waals surface area contributed by atoms with E-state index in [2.05, 4.69) is 11.4 Å². The summed E-state index contributed by atoms with van der Waals surface area (Å²) >= 11 is 12.0. The lowest BCUT2D eigenvalue weighted by molar-refractivity contribution is -0.122. The first-order valence-electron chi connectivity index (χ1n) is 7.98. The molecule has 3 rings (SSSR count). The quantitative estimate of drug-likeness (QED) is 0.850. The molecule has 0 radical (unpaired) electrons. The van der Waals surface area contributed by atoms with E-state index in [-0.39, 0.29) is 18.2 Å². The van der Waals surface area contributed by atoms with E-state index >= 15 is 0 Å². The standard InChI is InChI=1S/C19H18Cl2N2O2/c1-11-5-12(2)7-15(6-11)23-10-13(8-18(23)24)19(25)22-17-9-14(20)3-4-16(17)21/h3-7,9,13H,8,10H2,1-2H3,(H,22,25)/t13-/m1/s1. The molecule has 6 heteroatoms. The Morgan fingerprint density at radius 1 is 1.12 bits per heavy atom. The van der Waals surface area contributed by atoms with Crippen LogP contribution in [0.1, 0.15) is 17.5 Å². The molecular weight excluding hydrogens is 359 g/mol. The van der Waals surface area contributed by atoms with Gasteiger partial charge in [-0.15, -0.1) is 0 Å². The second-order valence-electron chi connectivity index (χ2n) is 6.36. The fraction of sp³-hybridized carbons (Fsp3) is 0.263. The van der Waals surface area contributed by atoms with Crippen molar-refractivity contribution in [1.29, 1.82) is 0 Å². The molecule has 1 aliphatic heterocycles. The number of hydrogen-bond acceptors (Lipinski definition) is 2. The number of nitrogens with one attached hydrogen (secondary N) is 1. The second-order valence-corrected chi connectivity index (χ2v) is 7.21. The lowest BCUT2D eigenvalue weighted by Gasteiger charge is -2.18. The zero-order chi connectivity index (χ0) is 18.1. The minimum absolute atomic E-state index is 0.0534. The van der Waals surface area contributed by atoms with Crippen LogP contribution >= 0.6 is 23.2 Å². The maximum absolute atomic E-state index is 12.5. The largest absolute Gasteiger partial charge is 0.324 e. The van der Waals surface area contributed by atoms with Gasteiger partial charge in [0.25, 0.3) is 0 Å². The Morgan fingerprint density at radius 3 is 2.48 bits per heavy atom. The van der Waals surface area contributed by atoms with Gasteiger partial charge in [0.2, 0.25) is 11.8 Å². The molecule has 0 unspecified atom stereocenters. The Kier molecular flexibility index (Phi) is 5.02. The molecular formula is C19H18Cl2N2O2. The van der Waals surface area contributed by atoms with Crippen LogP contribution in [0.4, 0.5) is 11.4 Å². The van der Waals surface area contributed by atoms with Gasteiger partial charge >= 0.3 is 0 Å². The van der Waals surface area contributed by atoms with Gasteiger partial charge in [0.05, 0.1) is 16.6 Å². The summed E-state index contributed by atoms with van der Waals surface area (Å²) in [6, 6.07) is 10.8. The average Bonchev–Trinajstić information content (AvgIpc) is 2.92. The molecule has 0 saturated carbocycles.